The van der Waals surface area contributed by atoms with Gasteiger partial charge in [-0.25, -0.2) is 4.79 Å². The van der Waals surface area contributed by atoms with Crippen LogP contribution in [0.2, 0.25) is 0 Å². The van der Waals surface area contributed by atoms with E-state index in [1.54, 1.807) is 42.5 Å². The monoisotopic (exact) mass is 511 g/mol. The van der Waals surface area contributed by atoms with Gasteiger partial charge in [-0.2, -0.15) is 0 Å². The number of rotatable bonds is 7. The van der Waals surface area contributed by atoms with Crippen LogP contribution in [0.4, 0.5) is 17.1 Å². The van der Waals surface area contributed by atoms with Crippen LogP contribution in [0.1, 0.15) is 28.9 Å². The van der Waals surface area contributed by atoms with Crippen molar-refractivity contribution in [3.05, 3.63) is 98.5 Å². The number of benzene rings is 3. The fourth-order valence-electron chi connectivity index (χ4n) is 2.89. The van der Waals surface area contributed by atoms with Crippen molar-refractivity contribution in [1.82, 2.24) is 0 Å². The topological polar surface area (TPSA) is 128 Å². The van der Waals surface area contributed by atoms with E-state index in [2.05, 4.69) is 26.6 Å². The van der Waals surface area contributed by atoms with E-state index in [0.717, 1.165) is 0 Å². The van der Waals surface area contributed by atoms with Gasteiger partial charge in [-0.15, -0.1) is 0 Å². The summed E-state index contributed by atoms with van der Waals surface area (Å²) < 4.78 is 5.82. The highest BCUT2D eigenvalue weighted by Crippen LogP contribution is 2.29. The zero-order valence-electron chi connectivity index (χ0n) is 17.3. The number of anilines is 2. The minimum absolute atomic E-state index is 0.145. The third-order valence-corrected chi connectivity index (χ3v) is 5.08. The number of nitrogens with one attached hydrogen (secondary N) is 2. The summed E-state index contributed by atoms with van der Waals surface area (Å²) in [6.45, 7) is 1.37. The van der Waals surface area contributed by atoms with Gasteiger partial charge in [-0.3, -0.25) is 19.7 Å². The second-order valence-corrected chi connectivity index (χ2v) is 7.72. The third-order valence-electron chi connectivity index (χ3n) is 4.43. The molecule has 1 atom stereocenters. The van der Waals surface area contributed by atoms with E-state index in [-0.39, 0.29) is 22.8 Å². The normalized spacial score (nSPS) is 11.2. The Morgan fingerprint density at radius 2 is 1.64 bits per heavy atom. The number of hydrogen-bond acceptors (Lipinski definition) is 6. The van der Waals surface area contributed by atoms with E-state index in [9.17, 15) is 24.5 Å². The van der Waals surface area contributed by atoms with Crippen LogP contribution in [0.3, 0.4) is 0 Å². The molecule has 0 saturated heterocycles. The molecule has 3 aromatic carbocycles. The van der Waals surface area contributed by atoms with Gasteiger partial charge in [0.25, 0.3) is 11.6 Å². The summed E-state index contributed by atoms with van der Waals surface area (Å²) in [5.74, 6) is -1.63. The number of esters is 1. The van der Waals surface area contributed by atoms with Gasteiger partial charge in [-0.1, -0.05) is 30.3 Å². The lowest BCUT2D eigenvalue weighted by Gasteiger charge is -2.18. The molecule has 0 unspecified atom stereocenters. The molecule has 0 spiro atoms. The van der Waals surface area contributed by atoms with E-state index in [1.165, 1.54) is 37.3 Å². The lowest BCUT2D eigenvalue weighted by atomic mass is 10.1. The summed E-state index contributed by atoms with van der Waals surface area (Å²) in [5.41, 5.74) is 1.28. The van der Waals surface area contributed by atoms with Crippen LogP contribution < -0.4 is 10.6 Å². The van der Waals surface area contributed by atoms with Crippen molar-refractivity contribution in [2.24, 2.45) is 0 Å². The van der Waals surface area contributed by atoms with E-state index >= 15 is 0 Å². The molecule has 0 aliphatic rings. The summed E-state index contributed by atoms with van der Waals surface area (Å²) in [4.78, 5) is 47.3. The van der Waals surface area contributed by atoms with Crippen molar-refractivity contribution >= 4 is 50.8 Å². The average Bonchev–Trinajstić information content (AvgIpc) is 2.79. The number of carbonyl (C=O) groups is 3. The molecule has 3 rings (SSSR count). The fourth-order valence-corrected chi connectivity index (χ4v) is 3.35. The Balaban J connectivity index is 1.82. The second-order valence-electron chi connectivity index (χ2n) is 6.87. The maximum atomic E-state index is 13.0. The summed E-state index contributed by atoms with van der Waals surface area (Å²) in [6, 6.07) is 18.4. The Hall–Kier alpha value is -4.05. The molecule has 0 fully saturated rings. The van der Waals surface area contributed by atoms with E-state index in [4.69, 9.17) is 4.74 Å². The van der Waals surface area contributed by atoms with E-state index in [0.29, 0.717) is 15.7 Å². The Bertz CT molecular complexity index is 1200. The minimum atomic E-state index is -1.28. The molecule has 168 valence electrons. The first-order chi connectivity index (χ1) is 15.7. The standard InChI is InChI=1S/C23H18BrN3O6/c1-14(28)25-17-9-7-16(8-10-17)23(30)33-21(15-5-3-2-4-6-15)22(29)26-20-12-11-18(27(31)32)13-19(20)24/h2-13,21H,1H3,(H,25,28)(H,26,29)/t21-/m0/s1. The Labute approximate surface area is 197 Å². The number of carbonyl (C=O) groups excluding carboxylic acids is 3. The Kier molecular flexibility index (Phi) is 7.52. The van der Waals surface area contributed by atoms with Crippen LogP contribution in [0, 0.1) is 10.1 Å². The van der Waals surface area contributed by atoms with Gasteiger partial charge in [0.15, 0.2) is 0 Å². The Morgan fingerprint density at radius 1 is 0.970 bits per heavy atom. The largest absolute Gasteiger partial charge is 0.444 e. The predicted molar refractivity (Wildman–Crippen MR) is 125 cm³/mol. The highest BCUT2D eigenvalue weighted by Gasteiger charge is 2.26. The van der Waals surface area contributed by atoms with Crippen LogP contribution in [-0.2, 0) is 14.3 Å². The maximum Gasteiger partial charge on any atom is 0.339 e. The zero-order valence-corrected chi connectivity index (χ0v) is 18.9. The number of nitro groups is 1. The second kappa shape index (κ2) is 10.5. The van der Waals surface area contributed by atoms with Gasteiger partial charge in [-0.05, 0) is 46.3 Å². The quantitative estimate of drug-likeness (QED) is 0.265. The molecule has 0 bridgehead atoms. The number of ether oxygens (including phenoxy) is 1. The lowest BCUT2D eigenvalue weighted by Crippen LogP contribution is -2.26. The summed E-state index contributed by atoms with van der Waals surface area (Å²) in [5, 5.41) is 16.2. The highest BCUT2D eigenvalue weighted by molar-refractivity contribution is 9.10. The van der Waals surface area contributed by atoms with E-state index < -0.39 is 22.9 Å². The van der Waals surface area contributed by atoms with Gasteiger partial charge < -0.3 is 15.4 Å². The smallest absolute Gasteiger partial charge is 0.339 e. The Morgan fingerprint density at radius 3 is 2.21 bits per heavy atom. The van der Waals surface area contributed by atoms with Crippen molar-refractivity contribution in [3.63, 3.8) is 0 Å². The highest BCUT2D eigenvalue weighted by atomic mass is 79.9. The van der Waals surface area contributed by atoms with Crippen LogP contribution in [0.25, 0.3) is 0 Å². The molecule has 9 nitrogen and oxygen atoms in total. The molecule has 33 heavy (non-hydrogen) atoms. The van der Waals surface area contributed by atoms with E-state index in [1.807, 2.05) is 0 Å². The third kappa shape index (κ3) is 6.23. The molecule has 2 N–H and O–H groups in total. The van der Waals surface area contributed by atoms with Crippen molar-refractivity contribution in [2.45, 2.75) is 13.0 Å². The minimum Gasteiger partial charge on any atom is -0.444 e. The first-order valence-electron chi connectivity index (χ1n) is 9.63. The number of nitrogens with zero attached hydrogens (tertiary/aromatic N) is 1. The van der Waals surface area contributed by atoms with Crippen LogP contribution in [0.5, 0.6) is 0 Å². The molecule has 0 aliphatic carbocycles. The zero-order chi connectivity index (χ0) is 24.0. The van der Waals surface area contributed by atoms with Gasteiger partial charge >= 0.3 is 5.97 Å². The van der Waals surface area contributed by atoms with Gasteiger partial charge in [0.1, 0.15) is 0 Å². The molecule has 3 aromatic rings. The lowest BCUT2D eigenvalue weighted by molar-refractivity contribution is -0.384. The van der Waals surface area contributed by atoms with Gasteiger partial charge in [0.2, 0.25) is 12.0 Å². The first kappa shape index (κ1) is 23.6. The van der Waals surface area contributed by atoms with Crippen molar-refractivity contribution in [3.8, 4) is 0 Å². The summed E-state index contributed by atoms with van der Waals surface area (Å²) in [7, 11) is 0. The van der Waals surface area contributed by atoms with Gasteiger partial charge in [0.05, 0.1) is 16.2 Å². The van der Waals surface area contributed by atoms with Gasteiger partial charge in [0, 0.05) is 34.8 Å². The molecule has 0 aromatic heterocycles. The molecule has 0 saturated carbocycles. The van der Waals surface area contributed by atoms with Crippen molar-refractivity contribution in [1.29, 1.82) is 0 Å². The molecule has 0 aliphatic heterocycles. The average molecular weight is 512 g/mol. The van der Waals surface area contributed by atoms with Crippen molar-refractivity contribution in [2.75, 3.05) is 10.6 Å². The number of halogens is 1. The molecular formula is C23H18BrN3O6. The van der Waals surface area contributed by atoms with Crippen LogP contribution in [-0.4, -0.2) is 22.7 Å². The number of amides is 2. The predicted octanol–water partition coefficient (Wildman–Crippen LogP) is 4.85. The molecule has 2 amide bonds. The number of non-ortho nitro benzene ring substituents is 1. The van der Waals surface area contributed by atoms with Crippen LogP contribution >= 0.6 is 15.9 Å². The van der Waals surface area contributed by atoms with Crippen molar-refractivity contribution < 1.29 is 24.0 Å². The molecule has 0 heterocycles. The van der Waals surface area contributed by atoms with Crippen LogP contribution in [0.15, 0.2) is 77.3 Å². The first-order valence-corrected chi connectivity index (χ1v) is 10.4. The fraction of sp³-hybridized carbons (Fsp3) is 0.0870. The molecule has 0 radical (unpaired) electrons. The summed E-state index contributed by atoms with van der Waals surface area (Å²) >= 11 is 3.20. The maximum absolute atomic E-state index is 13.0. The SMILES string of the molecule is CC(=O)Nc1ccc(C(=O)O[C@H](C(=O)Nc2ccc([N+](=O)[O-])cc2Br)c2ccccc2)cc1. The molecular weight excluding hydrogens is 494 g/mol. The summed E-state index contributed by atoms with van der Waals surface area (Å²) in [6.07, 6.45) is -1.28. The molecule has 10 heteroatoms. The number of hydrogen-bond donors (Lipinski definition) is 2. The number of nitro benzene ring substituents is 1.